The van der Waals surface area contributed by atoms with Crippen molar-refractivity contribution in [2.75, 3.05) is 16.8 Å². The summed E-state index contributed by atoms with van der Waals surface area (Å²) in [5.74, 6) is -0.0771. The van der Waals surface area contributed by atoms with Crippen LogP contribution in [0.1, 0.15) is 6.92 Å². The van der Waals surface area contributed by atoms with Gasteiger partial charge in [-0.3, -0.25) is 4.79 Å². The van der Waals surface area contributed by atoms with Gasteiger partial charge >= 0.3 is 0 Å². The molecule has 2 aromatic rings. The van der Waals surface area contributed by atoms with Gasteiger partial charge < -0.3 is 16.8 Å². The summed E-state index contributed by atoms with van der Waals surface area (Å²) in [5, 5.41) is 2.73. The van der Waals surface area contributed by atoms with Crippen molar-refractivity contribution in [1.29, 1.82) is 0 Å². The van der Waals surface area contributed by atoms with Crippen molar-refractivity contribution in [3.63, 3.8) is 0 Å². The molecule has 0 aliphatic rings. The largest absolute Gasteiger partial charge is 0.397 e. The van der Waals surface area contributed by atoms with Crippen LogP contribution in [-0.2, 0) is 4.79 Å². The molecule has 0 atom stereocenters. The van der Waals surface area contributed by atoms with Gasteiger partial charge in [0.1, 0.15) is 0 Å². The molecule has 0 aromatic heterocycles. The fourth-order valence-electron chi connectivity index (χ4n) is 1.56. The van der Waals surface area contributed by atoms with E-state index in [9.17, 15) is 4.79 Å². The van der Waals surface area contributed by atoms with Gasteiger partial charge in [0.05, 0.1) is 11.4 Å². The highest BCUT2D eigenvalue weighted by Crippen LogP contribution is 2.31. The van der Waals surface area contributed by atoms with E-state index in [1.165, 1.54) is 6.92 Å². The van der Waals surface area contributed by atoms with Crippen molar-refractivity contribution < 1.29 is 4.79 Å². The van der Waals surface area contributed by atoms with Gasteiger partial charge in [0, 0.05) is 22.4 Å². The van der Waals surface area contributed by atoms with Crippen molar-refractivity contribution in [3.8, 4) is 0 Å². The maximum atomic E-state index is 10.9. The lowest BCUT2D eigenvalue weighted by Gasteiger charge is -2.06. The fraction of sp³-hybridized carbons (Fsp3) is 0.0714. The highest BCUT2D eigenvalue weighted by molar-refractivity contribution is 7.99. The molecule has 0 bridgehead atoms. The van der Waals surface area contributed by atoms with E-state index in [0.717, 1.165) is 15.5 Å². The van der Waals surface area contributed by atoms with Gasteiger partial charge in [-0.05, 0) is 42.5 Å². The van der Waals surface area contributed by atoms with E-state index in [2.05, 4.69) is 5.32 Å². The van der Waals surface area contributed by atoms with Crippen molar-refractivity contribution >= 4 is 34.7 Å². The Morgan fingerprint density at radius 1 is 1.00 bits per heavy atom. The molecule has 1 amide bonds. The second-order valence-electron chi connectivity index (χ2n) is 4.10. The zero-order chi connectivity index (χ0) is 13.8. The number of nitrogens with two attached hydrogens (primary N) is 2. The van der Waals surface area contributed by atoms with Crippen LogP contribution >= 0.6 is 11.8 Å². The van der Waals surface area contributed by atoms with E-state index in [1.54, 1.807) is 17.8 Å². The number of amides is 1. The van der Waals surface area contributed by atoms with Crippen molar-refractivity contribution in [2.45, 2.75) is 16.7 Å². The van der Waals surface area contributed by atoms with E-state index >= 15 is 0 Å². The summed E-state index contributed by atoms with van der Waals surface area (Å²) < 4.78 is 0. The molecule has 0 unspecified atom stereocenters. The summed E-state index contributed by atoms with van der Waals surface area (Å²) in [4.78, 5) is 13.0. The van der Waals surface area contributed by atoms with E-state index in [-0.39, 0.29) is 5.91 Å². The lowest BCUT2D eigenvalue weighted by atomic mass is 10.3. The molecule has 0 saturated heterocycles. The Balaban J connectivity index is 2.10. The molecule has 4 nitrogen and oxygen atoms in total. The minimum absolute atomic E-state index is 0.0771. The molecule has 0 radical (unpaired) electrons. The molecule has 0 spiro atoms. The predicted octanol–water partition coefficient (Wildman–Crippen LogP) is 2.96. The number of rotatable bonds is 3. The van der Waals surface area contributed by atoms with Gasteiger partial charge in [-0.1, -0.05) is 11.8 Å². The Labute approximate surface area is 116 Å². The summed E-state index contributed by atoms with van der Waals surface area (Å²) in [5.41, 5.74) is 13.4. The third kappa shape index (κ3) is 3.66. The van der Waals surface area contributed by atoms with Crippen molar-refractivity contribution in [3.05, 3.63) is 42.5 Å². The van der Waals surface area contributed by atoms with Crippen molar-refractivity contribution in [1.82, 2.24) is 0 Å². The van der Waals surface area contributed by atoms with Gasteiger partial charge in [-0.25, -0.2) is 0 Å². The Bertz CT molecular complexity index is 596. The molecule has 0 aliphatic heterocycles. The molecule has 5 heteroatoms. The van der Waals surface area contributed by atoms with Crippen LogP contribution in [-0.4, -0.2) is 5.91 Å². The molecule has 98 valence electrons. The average molecular weight is 273 g/mol. The highest BCUT2D eigenvalue weighted by Gasteiger charge is 2.01. The summed E-state index contributed by atoms with van der Waals surface area (Å²) in [6, 6.07) is 13.2. The zero-order valence-electron chi connectivity index (χ0n) is 10.5. The second kappa shape index (κ2) is 5.67. The number of nitrogen functional groups attached to an aromatic ring is 2. The first kappa shape index (κ1) is 13.3. The molecule has 2 aromatic carbocycles. The normalized spacial score (nSPS) is 10.2. The van der Waals surface area contributed by atoms with Crippen molar-refractivity contribution in [2.24, 2.45) is 0 Å². The average Bonchev–Trinajstić information content (AvgIpc) is 2.36. The van der Waals surface area contributed by atoms with Gasteiger partial charge in [0.25, 0.3) is 0 Å². The Hall–Kier alpha value is -2.14. The van der Waals surface area contributed by atoms with E-state index in [0.29, 0.717) is 11.4 Å². The van der Waals surface area contributed by atoms with E-state index in [1.807, 2.05) is 36.4 Å². The topological polar surface area (TPSA) is 81.1 Å². The second-order valence-corrected chi connectivity index (χ2v) is 5.25. The van der Waals surface area contributed by atoms with Crippen LogP contribution in [0.4, 0.5) is 17.1 Å². The van der Waals surface area contributed by atoms with Crippen LogP contribution in [0.15, 0.2) is 52.3 Å². The lowest BCUT2D eigenvalue weighted by Crippen LogP contribution is -2.05. The maximum absolute atomic E-state index is 10.9. The number of carbonyl (C=O) groups is 1. The first-order valence-corrected chi connectivity index (χ1v) is 6.57. The standard InChI is InChI=1S/C14H15N3OS/c1-9(18)17-10-2-4-11(5-3-10)19-12-6-7-13(15)14(16)8-12/h2-8H,15-16H2,1H3,(H,17,18). The SMILES string of the molecule is CC(=O)Nc1ccc(Sc2ccc(N)c(N)c2)cc1. The number of hydrogen-bond acceptors (Lipinski definition) is 4. The number of anilines is 3. The zero-order valence-corrected chi connectivity index (χ0v) is 11.3. The van der Waals surface area contributed by atoms with Gasteiger partial charge in [0.15, 0.2) is 0 Å². The first-order valence-electron chi connectivity index (χ1n) is 5.75. The molecule has 2 rings (SSSR count). The van der Waals surface area contributed by atoms with Gasteiger partial charge in [-0.2, -0.15) is 0 Å². The van der Waals surface area contributed by atoms with Crippen LogP contribution in [0.2, 0.25) is 0 Å². The Morgan fingerprint density at radius 3 is 2.21 bits per heavy atom. The number of benzene rings is 2. The minimum atomic E-state index is -0.0771. The molecule has 0 aliphatic carbocycles. The third-order valence-electron chi connectivity index (χ3n) is 2.47. The Kier molecular flexibility index (Phi) is 3.97. The van der Waals surface area contributed by atoms with Gasteiger partial charge in [-0.15, -0.1) is 0 Å². The number of nitrogens with one attached hydrogen (secondary N) is 1. The molecule has 19 heavy (non-hydrogen) atoms. The summed E-state index contributed by atoms with van der Waals surface area (Å²) >= 11 is 1.59. The van der Waals surface area contributed by atoms with Crippen LogP contribution < -0.4 is 16.8 Å². The summed E-state index contributed by atoms with van der Waals surface area (Å²) in [6.07, 6.45) is 0. The molecular formula is C14H15N3OS. The molecule has 0 heterocycles. The maximum Gasteiger partial charge on any atom is 0.221 e. The van der Waals surface area contributed by atoms with E-state index < -0.39 is 0 Å². The quantitative estimate of drug-likeness (QED) is 0.751. The predicted molar refractivity (Wildman–Crippen MR) is 80.1 cm³/mol. The van der Waals surface area contributed by atoms with Gasteiger partial charge in [0.2, 0.25) is 5.91 Å². The third-order valence-corrected chi connectivity index (χ3v) is 3.47. The number of carbonyl (C=O) groups excluding carboxylic acids is 1. The smallest absolute Gasteiger partial charge is 0.221 e. The Morgan fingerprint density at radius 2 is 1.63 bits per heavy atom. The first-order chi connectivity index (χ1) is 9.04. The van der Waals surface area contributed by atoms with Crippen LogP contribution in [0.5, 0.6) is 0 Å². The van der Waals surface area contributed by atoms with Crippen LogP contribution in [0.25, 0.3) is 0 Å². The molecular weight excluding hydrogens is 258 g/mol. The summed E-state index contributed by atoms with van der Waals surface area (Å²) in [6.45, 7) is 1.49. The van der Waals surface area contributed by atoms with Crippen LogP contribution in [0, 0.1) is 0 Å². The molecule has 5 N–H and O–H groups in total. The van der Waals surface area contributed by atoms with E-state index in [4.69, 9.17) is 11.5 Å². The fourth-order valence-corrected chi connectivity index (χ4v) is 2.43. The van der Waals surface area contributed by atoms with Crippen LogP contribution in [0.3, 0.4) is 0 Å². The lowest BCUT2D eigenvalue weighted by molar-refractivity contribution is -0.114. The minimum Gasteiger partial charge on any atom is -0.397 e. The molecule has 0 saturated carbocycles. The molecule has 0 fully saturated rings. The number of hydrogen-bond donors (Lipinski definition) is 3. The monoisotopic (exact) mass is 273 g/mol. The highest BCUT2D eigenvalue weighted by atomic mass is 32.2. The summed E-state index contributed by atoms with van der Waals surface area (Å²) in [7, 11) is 0.